The molecule has 1 aromatic carbocycles. The van der Waals surface area contributed by atoms with Gasteiger partial charge in [0.2, 0.25) is 0 Å². The van der Waals surface area contributed by atoms with Gasteiger partial charge in [-0.15, -0.1) is 0 Å². The summed E-state index contributed by atoms with van der Waals surface area (Å²) in [5.74, 6) is 0.448. The Hall–Kier alpha value is -1.86. The van der Waals surface area contributed by atoms with E-state index in [0.717, 1.165) is 11.0 Å². The molecule has 0 bridgehead atoms. The average Bonchev–Trinajstić information content (AvgIpc) is 2.89. The van der Waals surface area contributed by atoms with Crippen LogP contribution in [0.5, 0.6) is 0 Å². The molecule has 1 aromatic heterocycles. The van der Waals surface area contributed by atoms with E-state index in [1.54, 1.807) is 6.92 Å². The molecule has 0 unspecified atom stereocenters. The first-order valence-corrected chi connectivity index (χ1v) is 8.87. The molecule has 0 radical (unpaired) electrons. The second kappa shape index (κ2) is 5.57. The molecule has 0 amide bonds. The number of fused-ring (bicyclic) bond motifs is 1. The maximum absolute atomic E-state index is 11.8. The minimum atomic E-state index is -1.05. The molecule has 0 atom stereocenters. The predicted molar refractivity (Wildman–Crippen MR) is 102 cm³/mol. The van der Waals surface area contributed by atoms with Crippen LogP contribution in [0.3, 0.4) is 0 Å². The lowest BCUT2D eigenvalue weighted by molar-refractivity contribution is 0.00578. The minimum Gasteiger partial charge on any atom is -0.464 e. The second-order valence-electron chi connectivity index (χ2n) is 9.05. The summed E-state index contributed by atoms with van der Waals surface area (Å²) in [6, 6.07) is 3.85. The number of nitrogens with zero attached hydrogens (tertiary/aromatic N) is 2. The molecule has 1 aliphatic heterocycles. The number of hydrogen-bond donors (Lipinski definition) is 1. The fraction of sp³-hybridized carbons (Fsp3) is 0.579. The van der Waals surface area contributed by atoms with Gasteiger partial charge in [0.25, 0.3) is 0 Å². The van der Waals surface area contributed by atoms with Gasteiger partial charge in [-0.2, -0.15) is 0 Å². The summed E-state index contributed by atoms with van der Waals surface area (Å²) in [6.07, 6.45) is -1.05. The van der Waals surface area contributed by atoms with E-state index >= 15 is 0 Å². The zero-order chi connectivity index (χ0) is 19.7. The van der Waals surface area contributed by atoms with Crippen LogP contribution in [-0.2, 0) is 14.7 Å². The third-order valence-electron chi connectivity index (χ3n) is 5.47. The normalized spacial score (nSPS) is 19.3. The maximum Gasteiger partial charge on any atom is 0.494 e. The highest BCUT2D eigenvalue weighted by molar-refractivity contribution is 6.62. The summed E-state index contributed by atoms with van der Waals surface area (Å²) < 4.78 is 13.6. The lowest BCUT2D eigenvalue weighted by Gasteiger charge is -2.32. The third kappa shape index (κ3) is 2.83. The summed E-state index contributed by atoms with van der Waals surface area (Å²) in [5, 5.41) is 9.63. The van der Waals surface area contributed by atoms with Crippen molar-refractivity contribution in [3.8, 4) is 0 Å². The molecule has 0 spiro atoms. The summed E-state index contributed by atoms with van der Waals surface area (Å²) in [6.45, 7) is 16.0. The number of rotatable bonds is 1. The summed E-state index contributed by atoms with van der Waals surface area (Å²) in [4.78, 5) is 16.3. The van der Waals surface area contributed by atoms with E-state index in [4.69, 9.17) is 9.31 Å². The number of benzene rings is 1. The average molecular weight is 358 g/mol. The van der Waals surface area contributed by atoms with Gasteiger partial charge in [0.05, 0.1) is 22.2 Å². The summed E-state index contributed by atoms with van der Waals surface area (Å²) >= 11 is 0. The van der Waals surface area contributed by atoms with E-state index in [-0.39, 0.29) is 5.41 Å². The van der Waals surface area contributed by atoms with Crippen molar-refractivity contribution in [1.82, 2.24) is 9.55 Å². The van der Waals surface area contributed by atoms with Crippen molar-refractivity contribution in [1.29, 1.82) is 0 Å². The number of carbonyl (C=O) groups is 1. The van der Waals surface area contributed by atoms with Crippen LogP contribution in [0.15, 0.2) is 12.1 Å². The van der Waals surface area contributed by atoms with Gasteiger partial charge in [-0.05, 0) is 57.1 Å². The first-order valence-electron chi connectivity index (χ1n) is 8.87. The number of aryl methyl sites for hydroxylation is 1. The Kier molecular flexibility index (Phi) is 4.05. The Morgan fingerprint density at radius 1 is 1.15 bits per heavy atom. The van der Waals surface area contributed by atoms with Crippen molar-refractivity contribution in [3.63, 3.8) is 0 Å². The zero-order valence-electron chi connectivity index (χ0n) is 16.8. The van der Waals surface area contributed by atoms with Crippen LogP contribution in [0.2, 0.25) is 0 Å². The third-order valence-corrected chi connectivity index (χ3v) is 5.47. The summed E-state index contributed by atoms with van der Waals surface area (Å²) in [7, 11) is -0.553. The second-order valence-corrected chi connectivity index (χ2v) is 9.05. The molecule has 26 heavy (non-hydrogen) atoms. The molecule has 6 nitrogen and oxygen atoms in total. The zero-order valence-corrected chi connectivity index (χ0v) is 16.8. The molecule has 2 aromatic rings. The van der Waals surface area contributed by atoms with Crippen LogP contribution in [0.4, 0.5) is 4.79 Å². The highest BCUT2D eigenvalue weighted by Gasteiger charge is 2.52. The fourth-order valence-corrected chi connectivity index (χ4v) is 3.24. The van der Waals surface area contributed by atoms with Gasteiger partial charge in [-0.25, -0.2) is 14.3 Å². The Balaban J connectivity index is 2.25. The summed E-state index contributed by atoms with van der Waals surface area (Å²) in [5.41, 5.74) is 1.92. The molecule has 1 fully saturated rings. The van der Waals surface area contributed by atoms with Gasteiger partial charge in [-0.1, -0.05) is 26.8 Å². The Morgan fingerprint density at radius 3 is 2.15 bits per heavy atom. The molecule has 1 aliphatic rings. The number of carboxylic acid groups (broad SMARTS) is 1. The lowest BCUT2D eigenvalue weighted by Crippen LogP contribution is -2.41. The quantitative estimate of drug-likeness (QED) is 0.791. The molecule has 3 rings (SSSR count). The monoisotopic (exact) mass is 358 g/mol. The highest BCUT2D eigenvalue weighted by atomic mass is 16.7. The van der Waals surface area contributed by atoms with Crippen LogP contribution >= 0.6 is 0 Å². The lowest BCUT2D eigenvalue weighted by atomic mass is 9.75. The SMILES string of the molecule is Cc1nc2c(C(C)(C)C)cc(B3OC(C)(C)C(C)(C)O3)cc2n1C(=O)O. The fourth-order valence-electron chi connectivity index (χ4n) is 3.24. The van der Waals surface area contributed by atoms with Crippen molar-refractivity contribution in [2.45, 2.75) is 72.0 Å². The first kappa shape index (κ1) is 18.9. The number of aromatic nitrogens is 2. The molecule has 0 saturated carbocycles. The Bertz CT molecular complexity index is 877. The van der Waals surface area contributed by atoms with Crippen molar-refractivity contribution >= 4 is 29.7 Å². The standard InChI is InChI=1S/C19H27BN2O4/c1-11-21-15-13(17(2,3)4)9-12(10-14(15)22(11)16(23)24)20-25-18(5,6)19(7,8)26-20/h9-10H,1-8H3,(H,23,24). The van der Waals surface area contributed by atoms with E-state index in [2.05, 4.69) is 25.8 Å². The van der Waals surface area contributed by atoms with Gasteiger partial charge in [0.15, 0.2) is 0 Å². The molecule has 1 N–H and O–H groups in total. The predicted octanol–water partition coefficient (Wildman–Crippen LogP) is 3.47. The molecular formula is C19H27BN2O4. The largest absolute Gasteiger partial charge is 0.494 e. The number of imidazole rings is 1. The molecule has 0 aliphatic carbocycles. The van der Waals surface area contributed by atoms with Gasteiger partial charge in [0.1, 0.15) is 5.82 Å². The van der Waals surface area contributed by atoms with Crippen LogP contribution in [-0.4, -0.2) is 39.1 Å². The molecule has 1 saturated heterocycles. The van der Waals surface area contributed by atoms with Gasteiger partial charge in [0, 0.05) is 0 Å². The molecular weight excluding hydrogens is 331 g/mol. The molecule has 2 heterocycles. The molecule has 140 valence electrons. The minimum absolute atomic E-state index is 0.206. The van der Waals surface area contributed by atoms with E-state index < -0.39 is 24.4 Å². The number of hydrogen-bond acceptors (Lipinski definition) is 4. The smallest absolute Gasteiger partial charge is 0.464 e. The topological polar surface area (TPSA) is 73.6 Å². The van der Waals surface area contributed by atoms with Crippen LogP contribution in [0.1, 0.15) is 59.9 Å². The van der Waals surface area contributed by atoms with Crippen LogP contribution < -0.4 is 5.46 Å². The highest BCUT2D eigenvalue weighted by Crippen LogP contribution is 2.37. The Labute approximate surface area is 154 Å². The van der Waals surface area contributed by atoms with E-state index in [1.165, 1.54) is 4.57 Å². The first-order chi connectivity index (χ1) is 11.7. The van der Waals surface area contributed by atoms with Crippen molar-refractivity contribution in [2.24, 2.45) is 0 Å². The van der Waals surface area contributed by atoms with Crippen LogP contribution in [0, 0.1) is 6.92 Å². The Morgan fingerprint density at radius 2 is 1.69 bits per heavy atom. The van der Waals surface area contributed by atoms with E-state index in [9.17, 15) is 9.90 Å². The van der Waals surface area contributed by atoms with Gasteiger partial charge < -0.3 is 14.4 Å². The van der Waals surface area contributed by atoms with Gasteiger partial charge in [-0.3, -0.25) is 0 Å². The van der Waals surface area contributed by atoms with Crippen molar-refractivity contribution < 1.29 is 19.2 Å². The molecule has 7 heteroatoms. The maximum atomic E-state index is 11.8. The van der Waals surface area contributed by atoms with E-state index in [0.29, 0.717) is 16.9 Å². The van der Waals surface area contributed by atoms with Gasteiger partial charge >= 0.3 is 13.2 Å². The van der Waals surface area contributed by atoms with Crippen molar-refractivity contribution in [2.75, 3.05) is 0 Å². The van der Waals surface area contributed by atoms with Crippen LogP contribution in [0.25, 0.3) is 11.0 Å². The van der Waals surface area contributed by atoms with Crippen molar-refractivity contribution in [3.05, 3.63) is 23.5 Å². The van der Waals surface area contributed by atoms with E-state index in [1.807, 2.05) is 39.8 Å².